The van der Waals surface area contributed by atoms with Crippen LogP contribution >= 0.6 is 0 Å². The van der Waals surface area contributed by atoms with Gasteiger partial charge in [-0.25, -0.2) is 22.5 Å². The zero-order chi connectivity index (χ0) is 20.1. The van der Waals surface area contributed by atoms with Gasteiger partial charge in [0.15, 0.2) is 17.3 Å². The minimum atomic E-state index is -3.73. The number of rotatable bonds is 8. The highest BCUT2D eigenvalue weighted by molar-refractivity contribution is 7.89. The fourth-order valence-electron chi connectivity index (χ4n) is 2.51. The lowest BCUT2D eigenvalue weighted by atomic mass is 10.2. The van der Waals surface area contributed by atoms with Crippen molar-refractivity contribution < 1.29 is 22.3 Å². The van der Waals surface area contributed by atoms with Crippen LogP contribution in [-0.2, 0) is 16.4 Å². The van der Waals surface area contributed by atoms with E-state index >= 15 is 0 Å². The molecule has 0 atom stereocenters. The van der Waals surface area contributed by atoms with Gasteiger partial charge in [0.2, 0.25) is 10.0 Å². The first-order valence-corrected chi connectivity index (χ1v) is 9.80. The lowest BCUT2D eigenvalue weighted by Crippen LogP contribution is -2.26. The smallest absolute Gasteiger partial charge is 0.240 e. The molecule has 0 radical (unpaired) electrons. The Morgan fingerprint density at radius 2 is 1.79 bits per heavy atom. The molecule has 0 amide bonds. The molecule has 0 aliphatic carbocycles. The van der Waals surface area contributed by atoms with Gasteiger partial charge in [-0.1, -0.05) is 0 Å². The van der Waals surface area contributed by atoms with E-state index in [-0.39, 0.29) is 17.3 Å². The standard InChI is InChI=1S/C18H19FN4O4S/c1-26-15-8-7-14(11-16(15)27-2)28(24,25)20-10-9-17-21-18(23-22-17)12-3-5-13(19)6-4-12/h3-8,11,20H,9-10H2,1-2H3,(H,21,22,23). The van der Waals surface area contributed by atoms with Crippen molar-refractivity contribution in [2.75, 3.05) is 20.8 Å². The van der Waals surface area contributed by atoms with E-state index in [2.05, 4.69) is 19.9 Å². The maximum atomic E-state index is 13.0. The Balaban J connectivity index is 1.64. The lowest BCUT2D eigenvalue weighted by molar-refractivity contribution is 0.354. The summed E-state index contributed by atoms with van der Waals surface area (Å²) in [5.74, 6) is 1.34. The van der Waals surface area contributed by atoms with Crippen molar-refractivity contribution in [2.45, 2.75) is 11.3 Å². The zero-order valence-electron chi connectivity index (χ0n) is 15.3. The molecular weight excluding hydrogens is 387 g/mol. The molecule has 1 heterocycles. The van der Waals surface area contributed by atoms with Crippen molar-refractivity contribution in [2.24, 2.45) is 0 Å². The average Bonchev–Trinajstić information content (AvgIpc) is 3.16. The molecule has 0 aliphatic rings. The van der Waals surface area contributed by atoms with Crippen molar-refractivity contribution >= 4 is 10.0 Å². The van der Waals surface area contributed by atoms with Crippen LogP contribution in [0.1, 0.15) is 5.82 Å². The van der Waals surface area contributed by atoms with Crippen LogP contribution in [0.3, 0.4) is 0 Å². The van der Waals surface area contributed by atoms with Gasteiger partial charge >= 0.3 is 0 Å². The van der Waals surface area contributed by atoms with E-state index in [9.17, 15) is 12.8 Å². The number of nitrogens with zero attached hydrogens (tertiary/aromatic N) is 2. The third-order valence-electron chi connectivity index (χ3n) is 3.95. The number of aromatic amines is 1. The van der Waals surface area contributed by atoms with Gasteiger partial charge in [-0.3, -0.25) is 5.10 Å². The van der Waals surface area contributed by atoms with Gasteiger partial charge in [0, 0.05) is 24.6 Å². The Bertz CT molecular complexity index is 1050. The minimum absolute atomic E-state index is 0.0646. The highest BCUT2D eigenvalue weighted by Crippen LogP contribution is 2.29. The van der Waals surface area contributed by atoms with Gasteiger partial charge in [0.05, 0.1) is 19.1 Å². The molecule has 0 saturated heterocycles. The van der Waals surface area contributed by atoms with Crippen LogP contribution in [0, 0.1) is 5.82 Å². The molecule has 0 aliphatic heterocycles. The van der Waals surface area contributed by atoms with Crippen LogP contribution in [0.5, 0.6) is 11.5 Å². The quantitative estimate of drug-likeness (QED) is 0.594. The molecule has 0 spiro atoms. The molecular formula is C18H19FN4O4S. The minimum Gasteiger partial charge on any atom is -0.493 e. The van der Waals surface area contributed by atoms with E-state index in [1.54, 1.807) is 12.1 Å². The predicted molar refractivity (Wildman–Crippen MR) is 100 cm³/mol. The van der Waals surface area contributed by atoms with Gasteiger partial charge in [0.25, 0.3) is 0 Å². The number of hydrogen-bond donors (Lipinski definition) is 2. The van der Waals surface area contributed by atoms with Gasteiger partial charge in [-0.05, 0) is 36.4 Å². The van der Waals surface area contributed by atoms with Crippen LogP contribution in [0.4, 0.5) is 4.39 Å². The summed E-state index contributed by atoms with van der Waals surface area (Å²) < 4.78 is 50.7. The number of hydrogen-bond acceptors (Lipinski definition) is 6. The fraction of sp³-hybridized carbons (Fsp3) is 0.222. The molecule has 0 bridgehead atoms. The van der Waals surface area contributed by atoms with Crippen molar-refractivity contribution in [3.8, 4) is 22.9 Å². The van der Waals surface area contributed by atoms with Crippen LogP contribution in [0.15, 0.2) is 47.4 Å². The Morgan fingerprint density at radius 3 is 2.46 bits per heavy atom. The molecule has 3 rings (SSSR count). The van der Waals surface area contributed by atoms with Gasteiger partial charge in [-0.2, -0.15) is 5.10 Å². The Labute approximate surface area is 161 Å². The molecule has 1 aromatic heterocycles. The molecule has 0 saturated carbocycles. The maximum absolute atomic E-state index is 13.0. The number of sulfonamides is 1. The molecule has 10 heteroatoms. The van der Waals surface area contributed by atoms with E-state index in [0.29, 0.717) is 35.1 Å². The van der Waals surface area contributed by atoms with Gasteiger partial charge < -0.3 is 9.47 Å². The summed E-state index contributed by atoms with van der Waals surface area (Å²) in [6.07, 6.45) is 0.306. The van der Waals surface area contributed by atoms with Crippen molar-refractivity contribution in [1.82, 2.24) is 19.9 Å². The molecule has 3 aromatic rings. The number of aromatic nitrogens is 3. The zero-order valence-corrected chi connectivity index (χ0v) is 16.1. The van der Waals surface area contributed by atoms with Gasteiger partial charge in [0.1, 0.15) is 11.6 Å². The molecule has 2 N–H and O–H groups in total. The van der Waals surface area contributed by atoms with E-state index in [1.807, 2.05) is 0 Å². The summed E-state index contributed by atoms with van der Waals surface area (Å²) in [7, 11) is -0.819. The van der Waals surface area contributed by atoms with Crippen molar-refractivity contribution in [3.05, 3.63) is 54.1 Å². The number of nitrogens with one attached hydrogen (secondary N) is 2. The monoisotopic (exact) mass is 406 g/mol. The number of methoxy groups -OCH3 is 2. The third-order valence-corrected chi connectivity index (χ3v) is 5.41. The molecule has 0 fully saturated rings. The largest absolute Gasteiger partial charge is 0.493 e. The van der Waals surface area contributed by atoms with Gasteiger partial charge in [-0.15, -0.1) is 0 Å². The summed E-state index contributed by atoms with van der Waals surface area (Å²) in [6, 6.07) is 10.1. The summed E-state index contributed by atoms with van der Waals surface area (Å²) in [6.45, 7) is 0.120. The topological polar surface area (TPSA) is 106 Å². The Kier molecular flexibility index (Phi) is 5.90. The lowest BCUT2D eigenvalue weighted by Gasteiger charge is -2.10. The van der Waals surface area contributed by atoms with Crippen molar-refractivity contribution in [3.63, 3.8) is 0 Å². The summed E-state index contributed by atoms with van der Waals surface area (Å²) in [5, 5.41) is 6.82. The first kappa shape index (κ1) is 19.8. The Morgan fingerprint density at radius 1 is 1.07 bits per heavy atom. The first-order chi connectivity index (χ1) is 13.4. The second-order valence-electron chi connectivity index (χ2n) is 5.78. The first-order valence-electron chi connectivity index (χ1n) is 8.32. The van der Waals surface area contributed by atoms with Crippen molar-refractivity contribution in [1.29, 1.82) is 0 Å². The number of H-pyrrole nitrogens is 1. The number of ether oxygens (including phenoxy) is 2. The highest BCUT2D eigenvalue weighted by Gasteiger charge is 2.17. The number of halogens is 1. The van der Waals surface area contributed by atoms with E-state index in [0.717, 1.165) is 0 Å². The Hall–Kier alpha value is -2.98. The molecule has 28 heavy (non-hydrogen) atoms. The molecule has 8 nitrogen and oxygen atoms in total. The predicted octanol–water partition coefficient (Wildman–Crippen LogP) is 2.15. The SMILES string of the molecule is COc1ccc(S(=O)(=O)NCCc2nc(-c3ccc(F)cc3)n[nH]2)cc1OC. The van der Waals surface area contributed by atoms with E-state index in [4.69, 9.17) is 9.47 Å². The van der Waals surface area contributed by atoms with Crippen LogP contribution in [-0.4, -0.2) is 44.4 Å². The van der Waals surface area contributed by atoms with Crippen LogP contribution in [0.2, 0.25) is 0 Å². The van der Waals surface area contributed by atoms with Crippen LogP contribution in [0.25, 0.3) is 11.4 Å². The van der Waals surface area contributed by atoms with E-state index in [1.165, 1.54) is 44.6 Å². The second kappa shape index (κ2) is 8.36. The summed E-state index contributed by atoms with van der Waals surface area (Å²) >= 11 is 0. The molecule has 2 aromatic carbocycles. The molecule has 148 valence electrons. The average molecular weight is 406 g/mol. The third kappa shape index (κ3) is 4.46. The molecule has 0 unspecified atom stereocenters. The fourth-order valence-corrected chi connectivity index (χ4v) is 3.55. The maximum Gasteiger partial charge on any atom is 0.240 e. The normalized spacial score (nSPS) is 11.4. The highest BCUT2D eigenvalue weighted by atomic mass is 32.2. The summed E-state index contributed by atoms with van der Waals surface area (Å²) in [5.41, 5.74) is 0.662. The van der Waals surface area contributed by atoms with E-state index < -0.39 is 10.0 Å². The van der Waals surface area contributed by atoms with Crippen LogP contribution < -0.4 is 14.2 Å². The summed E-state index contributed by atoms with van der Waals surface area (Å²) in [4.78, 5) is 4.36. The second-order valence-corrected chi connectivity index (χ2v) is 7.54. The number of benzene rings is 2.